The van der Waals surface area contributed by atoms with Crippen LogP contribution in [-0.4, -0.2) is 11.1 Å². The second-order valence-electron chi connectivity index (χ2n) is 4.92. The van der Waals surface area contributed by atoms with E-state index in [1.165, 1.54) is 10.4 Å². The summed E-state index contributed by atoms with van der Waals surface area (Å²) in [5.74, 6) is 0.695. The molecule has 0 aliphatic rings. The summed E-state index contributed by atoms with van der Waals surface area (Å²) < 4.78 is 3.06. The minimum absolute atomic E-state index is 0.695. The SMILES string of the molecule is CC(C)CNCc1ccn(Cc2ccc(Cl)s2)c1. The highest BCUT2D eigenvalue weighted by Crippen LogP contribution is 2.22. The quantitative estimate of drug-likeness (QED) is 0.847. The van der Waals surface area contributed by atoms with Gasteiger partial charge in [0.2, 0.25) is 0 Å². The monoisotopic (exact) mass is 282 g/mol. The highest BCUT2D eigenvalue weighted by Gasteiger charge is 2.01. The van der Waals surface area contributed by atoms with Gasteiger partial charge in [0, 0.05) is 23.8 Å². The Bertz CT molecular complexity index is 487. The average Bonchev–Trinajstić information content (AvgIpc) is 2.89. The van der Waals surface area contributed by atoms with Crippen LogP contribution in [0.25, 0.3) is 0 Å². The molecule has 2 aromatic rings. The van der Waals surface area contributed by atoms with Crippen molar-refractivity contribution in [3.63, 3.8) is 0 Å². The van der Waals surface area contributed by atoms with Crippen molar-refractivity contribution in [3.05, 3.63) is 45.4 Å². The molecule has 0 radical (unpaired) electrons. The first-order valence-corrected chi connectivity index (χ1v) is 7.42. The van der Waals surface area contributed by atoms with E-state index >= 15 is 0 Å². The van der Waals surface area contributed by atoms with Crippen LogP contribution >= 0.6 is 22.9 Å². The van der Waals surface area contributed by atoms with Crippen LogP contribution in [0.1, 0.15) is 24.3 Å². The summed E-state index contributed by atoms with van der Waals surface area (Å²) in [5.41, 5.74) is 1.33. The minimum Gasteiger partial charge on any atom is -0.349 e. The van der Waals surface area contributed by atoms with Crippen molar-refractivity contribution in [2.75, 3.05) is 6.54 Å². The molecule has 2 heterocycles. The molecule has 2 rings (SSSR count). The Labute approximate surface area is 118 Å². The second-order valence-corrected chi connectivity index (χ2v) is 6.72. The van der Waals surface area contributed by atoms with Gasteiger partial charge in [0.05, 0.1) is 10.9 Å². The lowest BCUT2D eigenvalue weighted by atomic mass is 10.2. The summed E-state index contributed by atoms with van der Waals surface area (Å²) in [5, 5.41) is 3.45. The molecule has 4 heteroatoms. The van der Waals surface area contributed by atoms with Gasteiger partial charge in [-0.2, -0.15) is 0 Å². The Kier molecular flexibility index (Phi) is 4.87. The van der Waals surface area contributed by atoms with Crippen LogP contribution in [0.3, 0.4) is 0 Å². The van der Waals surface area contributed by atoms with E-state index in [-0.39, 0.29) is 0 Å². The zero-order valence-corrected chi connectivity index (χ0v) is 12.4. The molecule has 0 spiro atoms. The van der Waals surface area contributed by atoms with Gasteiger partial charge in [-0.25, -0.2) is 0 Å². The van der Waals surface area contributed by atoms with Crippen LogP contribution in [0.5, 0.6) is 0 Å². The first-order valence-electron chi connectivity index (χ1n) is 6.23. The van der Waals surface area contributed by atoms with Crippen molar-refractivity contribution in [1.82, 2.24) is 9.88 Å². The van der Waals surface area contributed by atoms with Crippen LogP contribution in [0.2, 0.25) is 4.34 Å². The number of thiophene rings is 1. The minimum atomic E-state index is 0.695. The zero-order valence-electron chi connectivity index (χ0n) is 10.8. The smallest absolute Gasteiger partial charge is 0.0931 e. The maximum absolute atomic E-state index is 5.93. The van der Waals surface area contributed by atoms with Crippen molar-refractivity contribution in [2.45, 2.75) is 26.9 Å². The summed E-state index contributed by atoms with van der Waals surface area (Å²) in [6.45, 7) is 7.35. The highest BCUT2D eigenvalue weighted by molar-refractivity contribution is 7.16. The number of hydrogen-bond acceptors (Lipinski definition) is 2. The molecule has 98 valence electrons. The van der Waals surface area contributed by atoms with Gasteiger partial charge >= 0.3 is 0 Å². The van der Waals surface area contributed by atoms with Gasteiger partial charge in [0.25, 0.3) is 0 Å². The lowest BCUT2D eigenvalue weighted by molar-refractivity contribution is 0.552. The molecule has 0 saturated carbocycles. The van der Waals surface area contributed by atoms with Gasteiger partial charge < -0.3 is 9.88 Å². The molecule has 2 aromatic heterocycles. The molecule has 0 amide bonds. The van der Waals surface area contributed by atoms with Crippen molar-refractivity contribution >= 4 is 22.9 Å². The molecular weight excluding hydrogens is 264 g/mol. The van der Waals surface area contributed by atoms with Crippen LogP contribution in [0.15, 0.2) is 30.6 Å². The Balaban J connectivity index is 1.86. The van der Waals surface area contributed by atoms with Gasteiger partial charge in [0.15, 0.2) is 0 Å². The average molecular weight is 283 g/mol. The van der Waals surface area contributed by atoms with E-state index < -0.39 is 0 Å². The van der Waals surface area contributed by atoms with E-state index in [0.717, 1.165) is 24.0 Å². The van der Waals surface area contributed by atoms with E-state index in [0.29, 0.717) is 5.92 Å². The first-order chi connectivity index (χ1) is 8.63. The van der Waals surface area contributed by atoms with Crippen molar-refractivity contribution in [2.24, 2.45) is 5.92 Å². The Hall–Kier alpha value is -0.770. The highest BCUT2D eigenvalue weighted by atomic mass is 35.5. The van der Waals surface area contributed by atoms with Crippen LogP contribution in [0, 0.1) is 5.92 Å². The summed E-state index contributed by atoms with van der Waals surface area (Å²) in [4.78, 5) is 1.29. The number of hydrogen-bond donors (Lipinski definition) is 1. The predicted molar refractivity (Wildman–Crippen MR) is 79.4 cm³/mol. The van der Waals surface area contributed by atoms with E-state index in [1.807, 2.05) is 6.07 Å². The molecular formula is C14H19ClN2S. The molecule has 0 unspecified atom stereocenters. The normalized spacial score (nSPS) is 11.3. The van der Waals surface area contributed by atoms with E-state index in [2.05, 4.69) is 48.3 Å². The maximum Gasteiger partial charge on any atom is 0.0931 e. The lowest BCUT2D eigenvalue weighted by Crippen LogP contribution is -2.18. The first kappa shape index (κ1) is 13.7. The fourth-order valence-corrected chi connectivity index (χ4v) is 2.91. The van der Waals surface area contributed by atoms with Crippen LogP contribution in [0.4, 0.5) is 0 Å². The number of halogens is 1. The van der Waals surface area contributed by atoms with Gasteiger partial charge in [-0.15, -0.1) is 11.3 Å². The number of nitrogens with one attached hydrogen (secondary N) is 1. The standard InChI is InChI=1S/C14H19ClN2S/c1-11(2)7-16-8-12-5-6-17(9-12)10-13-3-4-14(15)18-13/h3-6,9,11,16H,7-8,10H2,1-2H3. The molecule has 0 saturated heterocycles. The fraction of sp³-hybridized carbons (Fsp3) is 0.429. The maximum atomic E-state index is 5.93. The number of rotatable bonds is 6. The van der Waals surface area contributed by atoms with Crippen molar-refractivity contribution < 1.29 is 0 Å². The van der Waals surface area contributed by atoms with Crippen molar-refractivity contribution in [3.8, 4) is 0 Å². The van der Waals surface area contributed by atoms with E-state index in [4.69, 9.17) is 11.6 Å². The predicted octanol–water partition coefficient (Wildman–Crippen LogP) is 4.00. The molecule has 0 aliphatic carbocycles. The summed E-state index contributed by atoms with van der Waals surface area (Å²) in [7, 11) is 0. The van der Waals surface area contributed by atoms with Gasteiger partial charge in [-0.05, 0) is 36.2 Å². The molecule has 0 aliphatic heterocycles. The Morgan fingerprint density at radius 1 is 1.33 bits per heavy atom. The molecule has 0 fully saturated rings. The van der Waals surface area contributed by atoms with Crippen LogP contribution < -0.4 is 5.32 Å². The zero-order chi connectivity index (χ0) is 13.0. The van der Waals surface area contributed by atoms with E-state index in [1.54, 1.807) is 11.3 Å². The van der Waals surface area contributed by atoms with Gasteiger partial charge in [-0.3, -0.25) is 0 Å². The number of nitrogens with zero attached hydrogens (tertiary/aromatic N) is 1. The lowest BCUT2D eigenvalue weighted by Gasteiger charge is -2.05. The molecule has 2 nitrogen and oxygen atoms in total. The summed E-state index contributed by atoms with van der Waals surface area (Å²) in [6, 6.07) is 6.21. The number of aromatic nitrogens is 1. The molecule has 0 bridgehead atoms. The molecule has 1 N–H and O–H groups in total. The summed E-state index contributed by atoms with van der Waals surface area (Å²) >= 11 is 7.57. The van der Waals surface area contributed by atoms with Crippen LogP contribution in [-0.2, 0) is 13.1 Å². The van der Waals surface area contributed by atoms with Gasteiger partial charge in [-0.1, -0.05) is 25.4 Å². The third-order valence-corrected chi connectivity index (χ3v) is 3.88. The fourth-order valence-electron chi connectivity index (χ4n) is 1.82. The summed E-state index contributed by atoms with van der Waals surface area (Å²) in [6.07, 6.45) is 4.32. The largest absolute Gasteiger partial charge is 0.349 e. The van der Waals surface area contributed by atoms with Crippen molar-refractivity contribution in [1.29, 1.82) is 0 Å². The molecule has 0 atom stereocenters. The van der Waals surface area contributed by atoms with Gasteiger partial charge in [0.1, 0.15) is 0 Å². The third-order valence-electron chi connectivity index (χ3n) is 2.66. The van der Waals surface area contributed by atoms with E-state index in [9.17, 15) is 0 Å². The molecule has 0 aromatic carbocycles. The Morgan fingerprint density at radius 3 is 2.83 bits per heavy atom. The molecule has 18 heavy (non-hydrogen) atoms. The Morgan fingerprint density at radius 2 is 2.17 bits per heavy atom. The third kappa shape index (κ3) is 4.16. The second kappa shape index (κ2) is 6.41. The topological polar surface area (TPSA) is 17.0 Å².